The van der Waals surface area contributed by atoms with Gasteiger partial charge in [-0.2, -0.15) is 0 Å². The number of carbonyl (C=O) groups excluding carboxylic acids is 1. The standard InChI is InChI=1S/C13H20N4O/c1-14-12-8-7-11(16-17-12)13(18)15-9-10-5-3-2-4-6-10/h7-8,10H,2-6,9H2,1H3,(H,14,17)(H,15,18). The second kappa shape index (κ2) is 6.33. The number of nitrogens with zero attached hydrogens (tertiary/aromatic N) is 2. The third-order valence-electron chi connectivity index (χ3n) is 3.43. The van der Waals surface area contributed by atoms with Crippen LogP contribution in [0.15, 0.2) is 12.1 Å². The summed E-state index contributed by atoms with van der Waals surface area (Å²) in [5, 5.41) is 13.6. The summed E-state index contributed by atoms with van der Waals surface area (Å²) in [4.78, 5) is 11.9. The quantitative estimate of drug-likeness (QED) is 0.853. The van der Waals surface area contributed by atoms with Crippen LogP contribution in [0.25, 0.3) is 0 Å². The van der Waals surface area contributed by atoms with E-state index in [9.17, 15) is 4.79 Å². The van der Waals surface area contributed by atoms with Crippen LogP contribution < -0.4 is 10.6 Å². The Morgan fingerprint density at radius 3 is 2.67 bits per heavy atom. The lowest BCUT2D eigenvalue weighted by Gasteiger charge is -2.21. The van der Waals surface area contributed by atoms with E-state index in [4.69, 9.17) is 0 Å². The summed E-state index contributed by atoms with van der Waals surface area (Å²) in [5.41, 5.74) is 0.379. The van der Waals surface area contributed by atoms with Gasteiger partial charge in [-0.1, -0.05) is 19.3 Å². The van der Waals surface area contributed by atoms with Gasteiger partial charge in [-0.05, 0) is 30.9 Å². The van der Waals surface area contributed by atoms with Crippen molar-refractivity contribution in [3.63, 3.8) is 0 Å². The minimum atomic E-state index is -0.129. The highest BCUT2D eigenvalue weighted by Gasteiger charge is 2.15. The summed E-state index contributed by atoms with van der Waals surface area (Å²) in [6.07, 6.45) is 6.37. The third kappa shape index (κ3) is 3.42. The van der Waals surface area contributed by atoms with Crippen LogP contribution in [0.3, 0.4) is 0 Å². The zero-order chi connectivity index (χ0) is 12.8. The Labute approximate surface area is 107 Å². The summed E-state index contributed by atoms with van der Waals surface area (Å²) in [6, 6.07) is 3.44. The zero-order valence-corrected chi connectivity index (χ0v) is 10.8. The summed E-state index contributed by atoms with van der Waals surface area (Å²) in [7, 11) is 1.77. The molecule has 0 bridgehead atoms. The SMILES string of the molecule is CNc1ccc(C(=O)NCC2CCCCC2)nn1. The topological polar surface area (TPSA) is 66.9 Å². The number of hydrogen-bond acceptors (Lipinski definition) is 4. The molecule has 0 unspecified atom stereocenters. The zero-order valence-electron chi connectivity index (χ0n) is 10.8. The summed E-state index contributed by atoms with van der Waals surface area (Å²) in [5.74, 6) is 1.17. The predicted molar refractivity (Wildman–Crippen MR) is 70.5 cm³/mol. The van der Waals surface area contributed by atoms with Crippen LogP contribution >= 0.6 is 0 Å². The maximum atomic E-state index is 11.9. The molecule has 0 aromatic carbocycles. The normalized spacial score (nSPS) is 16.3. The van der Waals surface area contributed by atoms with E-state index in [1.807, 2.05) is 0 Å². The number of anilines is 1. The van der Waals surface area contributed by atoms with Crippen LogP contribution in [-0.2, 0) is 0 Å². The van der Waals surface area contributed by atoms with E-state index in [-0.39, 0.29) is 5.91 Å². The maximum Gasteiger partial charge on any atom is 0.271 e. The molecule has 1 saturated carbocycles. The highest BCUT2D eigenvalue weighted by Crippen LogP contribution is 2.22. The van der Waals surface area contributed by atoms with E-state index in [2.05, 4.69) is 20.8 Å². The van der Waals surface area contributed by atoms with Gasteiger partial charge in [0.15, 0.2) is 5.69 Å². The molecular weight excluding hydrogens is 228 g/mol. The molecule has 1 aromatic heterocycles. The number of aromatic nitrogens is 2. The molecule has 1 aromatic rings. The summed E-state index contributed by atoms with van der Waals surface area (Å²) in [6.45, 7) is 0.758. The molecule has 18 heavy (non-hydrogen) atoms. The minimum absolute atomic E-state index is 0.129. The first-order valence-electron chi connectivity index (χ1n) is 6.59. The Balaban J connectivity index is 1.82. The highest BCUT2D eigenvalue weighted by molar-refractivity contribution is 5.92. The molecule has 5 nitrogen and oxygen atoms in total. The molecular formula is C13H20N4O. The van der Waals surface area contributed by atoms with Crippen molar-refractivity contribution in [2.24, 2.45) is 5.92 Å². The molecule has 1 heterocycles. The van der Waals surface area contributed by atoms with Crippen LogP contribution in [0.2, 0.25) is 0 Å². The van der Waals surface area contributed by atoms with Gasteiger partial charge in [0.05, 0.1) is 0 Å². The fraction of sp³-hybridized carbons (Fsp3) is 0.615. The van der Waals surface area contributed by atoms with Crippen LogP contribution in [0.1, 0.15) is 42.6 Å². The average Bonchev–Trinajstić information content (AvgIpc) is 2.46. The first-order chi connectivity index (χ1) is 8.79. The van der Waals surface area contributed by atoms with Crippen LogP contribution in [0.4, 0.5) is 5.82 Å². The van der Waals surface area contributed by atoms with Crippen molar-refractivity contribution in [1.82, 2.24) is 15.5 Å². The fourth-order valence-electron chi connectivity index (χ4n) is 2.31. The largest absolute Gasteiger partial charge is 0.372 e. The molecule has 1 amide bonds. The number of amides is 1. The number of rotatable bonds is 4. The second-order valence-electron chi connectivity index (χ2n) is 4.77. The minimum Gasteiger partial charge on any atom is -0.372 e. The van der Waals surface area contributed by atoms with E-state index < -0.39 is 0 Å². The van der Waals surface area contributed by atoms with E-state index in [1.165, 1.54) is 32.1 Å². The number of carbonyl (C=O) groups is 1. The van der Waals surface area contributed by atoms with Gasteiger partial charge in [0.25, 0.3) is 5.91 Å². The number of nitrogens with one attached hydrogen (secondary N) is 2. The molecule has 1 aliphatic rings. The van der Waals surface area contributed by atoms with Crippen molar-refractivity contribution in [1.29, 1.82) is 0 Å². The van der Waals surface area contributed by atoms with Crippen molar-refractivity contribution in [2.75, 3.05) is 18.9 Å². The van der Waals surface area contributed by atoms with Crippen molar-refractivity contribution >= 4 is 11.7 Å². The van der Waals surface area contributed by atoms with Gasteiger partial charge in [-0.3, -0.25) is 4.79 Å². The molecule has 5 heteroatoms. The molecule has 2 rings (SSSR count). The molecule has 0 radical (unpaired) electrons. The highest BCUT2D eigenvalue weighted by atomic mass is 16.1. The predicted octanol–water partition coefficient (Wildman–Crippen LogP) is 1.83. The molecule has 0 aliphatic heterocycles. The Kier molecular flexibility index (Phi) is 4.50. The van der Waals surface area contributed by atoms with Crippen molar-refractivity contribution in [2.45, 2.75) is 32.1 Å². The van der Waals surface area contributed by atoms with Gasteiger partial charge in [-0.25, -0.2) is 0 Å². The summed E-state index contributed by atoms with van der Waals surface area (Å²) >= 11 is 0. The monoisotopic (exact) mass is 248 g/mol. The van der Waals surface area contributed by atoms with Crippen LogP contribution in [0.5, 0.6) is 0 Å². The second-order valence-corrected chi connectivity index (χ2v) is 4.77. The van der Waals surface area contributed by atoms with Crippen molar-refractivity contribution in [3.05, 3.63) is 17.8 Å². The molecule has 1 fully saturated rings. The van der Waals surface area contributed by atoms with E-state index in [0.717, 1.165) is 6.54 Å². The lowest BCUT2D eigenvalue weighted by molar-refractivity contribution is 0.0937. The molecule has 2 N–H and O–H groups in total. The smallest absolute Gasteiger partial charge is 0.271 e. The van der Waals surface area contributed by atoms with Crippen LogP contribution in [0, 0.1) is 5.92 Å². The Bertz CT molecular complexity index is 384. The van der Waals surface area contributed by atoms with Crippen molar-refractivity contribution in [3.8, 4) is 0 Å². The maximum absolute atomic E-state index is 11.9. The molecule has 0 spiro atoms. The Morgan fingerprint density at radius 1 is 1.28 bits per heavy atom. The molecule has 98 valence electrons. The Morgan fingerprint density at radius 2 is 2.06 bits per heavy atom. The lowest BCUT2D eigenvalue weighted by atomic mass is 9.89. The van der Waals surface area contributed by atoms with Gasteiger partial charge in [0.2, 0.25) is 0 Å². The summed E-state index contributed by atoms with van der Waals surface area (Å²) < 4.78 is 0. The van der Waals surface area contributed by atoms with Crippen LogP contribution in [-0.4, -0.2) is 29.7 Å². The van der Waals surface area contributed by atoms with E-state index >= 15 is 0 Å². The fourth-order valence-corrected chi connectivity index (χ4v) is 2.31. The van der Waals surface area contributed by atoms with Gasteiger partial charge in [-0.15, -0.1) is 10.2 Å². The van der Waals surface area contributed by atoms with E-state index in [0.29, 0.717) is 17.4 Å². The Hall–Kier alpha value is -1.65. The van der Waals surface area contributed by atoms with Gasteiger partial charge >= 0.3 is 0 Å². The first kappa shape index (κ1) is 12.8. The number of hydrogen-bond donors (Lipinski definition) is 2. The van der Waals surface area contributed by atoms with E-state index in [1.54, 1.807) is 19.2 Å². The first-order valence-corrected chi connectivity index (χ1v) is 6.59. The van der Waals surface area contributed by atoms with Gasteiger partial charge < -0.3 is 10.6 Å². The lowest BCUT2D eigenvalue weighted by Crippen LogP contribution is -2.30. The molecule has 0 atom stereocenters. The van der Waals surface area contributed by atoms with Gasteiger partial charge in [0, 0.05) is 13.6 Å². The third-order valence-corrected chi connectivity index (χ3v) is 3.43. The van der Waals surface area contributed by atoms with Crippen molar-refractivity contribution < 1.29 is 4.79 Å². The molecule has 0 saturated heterocycles. The van der Waals surface area contributed by atoms with Gasteiger partial charge in [0.1, 0.15) is 5.82 Å². The molecule has 1 aliphatic carbocycles. The average molecular weight is 248 g/mol.